The Labute approximate surface area is 178 Å². The lowest BCUT2D eigenvalue weighted by molar-refractivity contribution is -0.119. The van der Waals surface area contributed by atoms with Crippen LogP contribution in [0.25, 0.3) is 0 Å². The molecule has 0 aromatic carbocycles. The van der Waals surface area contributed by atoms with Crippen molar-refractivity contribution < 1.29 is 17.6 Å². The Bertz CT molecular complexity index is 1120. The maximum Gasteiger partial charge on any atom is 0.252 e. The summed E-state index contributed by atoms with van der Waals surface area (Å²) in [5, 5.41) is 1.82. The van der Waals surface area contributed by atoms with Crippen molar-refractivity contribution in [2.24, 2.45) is 5.92 Å². The summed E-state index contributed by atoms with van der Waals surface area (Å²) in [6.45, 7) is 1.64. The van der Waals surface area contributed by atoms with E-state index in [0.29, 0.717) is 30.9 Å². The molecule has 0 bridgehead atoms. The molecule has 0 spiro atoms. The number of anilines is 1. The molecule has 2 saturated carbocycles. The minimum atomic E-state index is -3.51. The van der Waals surface area contributed by atoms with Gasteiger partial charge >= 0.3 is 0 Å². The maximum atomic E-state index is 13.3. The molecule has 0 aliphatic heterocycles. The average Bonchev–Trinajstić information content (AvgIpc) is 3.29. The largest absolute Gasteiger partial charge is 0.300 e. The molecule has 0 unspecified atom stereocenters. The smallest absolute Gasteiger partial charge is 0.252 e. The molecule has 1 atom stereocenters. The molecule has 30 heavy (non-hydrogen) atoms. The van der Waals surface area contributed by atoms with Crippen molar-refractivity contribution in [3.63, 3.8) is 0 Å². The second-order valence-electron chi connectivity index (χ2n) is 8.15. The fourth-order valence-corrected chi connectivity index (χ4v) is 6.50. The molecular formula is C20H24FN3O4S2. The zero-order chi connectivity index (χ0) is 21.5. The number of nitrogens with one attached hydrogen (secondary N) is 1. The first kappa shape index (κ1) is 21.2. The minimum Gasteiger partial charge on any atom is -0.300 e. The van der Waals surface area contributed by atoms with Crippen LogP contribution in [0.5, 0.6) is 0 Å². The summed E-state index contributed by atoms with van der Waals surface area (Å²) in [6, 6.07) is 1.79. The van der Waals surface area contributed by atoms with E-state index in [1.807, 2.05) is 0 Å². The van der Waals surface area contributed by atoms with Gasteiger partial charge in [-0.05, 0) is 38.2 Å². The second-order valence-corrected chi connectivity index (χ2v) is 11.4. The van der Waals surface area contributed by atoms with Gasteiger partial charge in [-0.2, -0.15) is 4.39 Å². The number of aryl methyl sites for hydroxylation is 1. The molecule has 2 aliphatic rings. The normalized spacial score (nSPS) is 18.5. The van der Waals surface area contributed by atoms with E-state index in [1.54, 1.807) is 6.92 Å². The van der Waals surface area contributed by atoms with Crippen molar-refractivity contribution in [2.45, 2.75) is 68.1 Å². The van der Waals surface area contributed by atoms with E-state index in [4.69, 9.17) is 0 Å². The van der Waals surface area contributed by atoms with Crippen molar-refractivity contribution in [2.75, 3.05) is 5.32 Å². The van der Waals surface area contributed by atoms with Crippen LogP contribution < -0.4 is 10.9 Å². The minimum absolute atomic E-state index is 0.0192. The van der Waals surface area contributed by atoms with E-state index in [1.165, 1.54) is 10.6 Å². The Kier molecular flexibility index (Phi) is 5.80. The number of carbonyl (C=O) groups is 1. The summed E-state index contributed by atoms with van der Waals surface area (Å²) >= 11 is 0.719. The lowest BCUT2D eigenvalue weighted by Crippen LogP contribution is -2.36. The summed E-state index contributed by atoms with van der Waals surface area (Å²) < 4.78 is 39.8. The summed E-state index contributed by atoms with van der Waals surface area (Å²) in [6.07, 6.45) is 6.86. The fraction of sp³-hybridized carbons (Fsp3) is 0.550. The standard InChI is InChI=1S/C20H24FN3O4S2/c1-12-8-15(30(27,28)14-6-7-14)10-18(25)24(12)16(9-13-4-2-3-5-13)19(26)23-20-22-11-17(21)29-20/h8,10-11,13-14,16H,2-7,9H2,1H3,(H,22,23,26)/t16-/m1/s1. The number of sulfone groups is 1. The van der Waals surface area contributed by atoms with Gasteiger partial charge in [-0.3, -0.25) is 9.59 Å². The van der Waals surface area contributed by atoms with Gasteiger partial charge in [0.1, 0.15) is 6.04 Å². The number of rotatable bonds is 7. The summed E-state index contributed by atoms with van der Waals surface area (Å²) in [7, 11) is -3.51. The van der Waals surface area contributed by atoms with Crippen LogP contribution in [0.2, 0.25) is 0 Å². The van der Waals surface area contributed by atoms with Gasteiger partial charge in [-0.15, -0.1) is 0 Å². The van der Waals surface area contributed by atoms with Gasteiger partial charge in [0, 0.05) is 11.8 Å². The lowest BCUT2D eigenvalue weighted by atomic mass is 9.97. The van der Waals surface area contributed by atoms with Crippen LogP contribution in [0.4, 0.5) is 9.52 Å². The highest BCUT2D eigenvalue weighted by molar-refractivity contribution is 7.92. The molecule has 2 aliphatic carbocycles. The molecule has 1 amide bonds. The van der Waals surface area contributed by atoms with Gasteiger partial charge < -0.3 is 9.88 Å². The molecule has 10 heteroatoms. The quantitative estimate of drug-likeness (QED) is 0.692. The van der Waals surface area contributed by atoms with Gasteiger partial charge in [0.15, 0.2) is 20.1 Å². The van der Waals surface area contributed by atoms with E-state index in [9.17, 15) is 22.4 Å². The third kappa shape index (κ3) is 4.34. The molecule has 0 saturated heterocycles. The van der Waals surface area contributed by atoms with Crippen LogP contribution in [-0.2, 0) is 14.6 Å². The lowest BCUT2D eigenvalue weighted by Gasteiger charge is -2.24. The topological polar surface area (TPSA) is 98.1 Å². The first-order valence-corrected chi connectivity index (χ1v) is 12.5. The number of hydrogen-bond acceptors (Lipinski definition) is 6. The Morgan fingerprint density at radius 3 is 2.57 bits per heavy atom. The third-order valence-electron chi connectivity index (χ3n) is 5.88. The van der Waals surface area contributed by atoms with Crippen molar-refractivity contribution in [1.29, 1.82) is 0 Å². The Balaban J connectivity index is 1.68. The SMILES string of the molecule is Cc1cc(S(=O)(=O)C2CC2)cc(=O)n1[C@H](CC1CCCC1)C(=O)Nc1ncc(F)s1. The molecule has 2 heterocycles. The first-order chi connectivity index (χ1) is 14.3. The Hall–Kier alpha value is -2.07. The van der Waals surface area contributed by atoms with E-state index in [-0.39, 0.29) is 10.0 Å². The number of halogens is 1. The highest BCUT2D eigenvalue weighted by Gasteiger charge is 2.38. The molecule has 4 rings (SSSR count). The second kappa shape index (κ2) is 8.22. The van der Waals surface area contributed by atoms with Gasteiger partial charge in [0.2, 0.25) is 5.91 Å². The van der Waals surface area contributed by atoms with Gasteiger partial charge in [-0.25, -0.2) is 13.4 Å². The number of aromatic nitrogens is 2. The van der Waals surface area contributed by atoms with Gasteiger partial charge in [0.05, 0.1) is 16.3 Å². The van der Waals surface area contributed by atoms with Crippen LogP contribution in [0, 0.1) is 18.0 Å². The number of nitrogens with zero attached hydrogens (tertiary/aromatic N) is 2. The average molecular weight is 454 g/mol. The Morgan fingerprint density at radius 2 is 2.00 bits per heavy atom. The van der Waals surface area contributed by atoms with Gasteiger partial charge in [0.25, 0.3) is 5.56 Å². The van der Waals surface area contributed by atoms with Crippen LogP contribution in [0.15, 0.2) is 28.0 Å². The van der Waals surface area contributed by atoms with Crippen molar-refractivity contribution >= 4 is 32.2 Å². The highest BCUT2D eigenvalue weighted by atomic mass is 32.2. The highest BCUT2D eigenvalue weighted by Crippen LogP contribution is 2.35. The van der Waals surface area contributed by atoms with E-state index < -0.39 is 37.7 Å². The third-order valence-corrected chi connectivity index (χ3v) is 8.82. The van der Waals surface area contributed by atoms with Crippen LogP contribution in [-0.4, -0.2) is 29.1 Å². The molecule has 1 N–H and O–H groups in total. The monoisotopic (exact) mass is 453 g/mol. The predicted molar refractivity (Wildman–Crippen MR) is 112 cm³/mol. The number of pyridine rings is 1. The number of amides is 1. The zero-order valence-corrected chi connectivity index (χ0v) is 18.3. The van der Waals surface area contributed by atoms with Crippen LogP contribution >= 0.6 is 11.3 Å². The van der Waals surface area contributed by atoms with E-state index in [0.717, 1.165) is 49.3 Å². The van der Waals surface area contributed by atoms with Crippen molar-refractivity contribution in [3.05, 3.63) is 39.5 Å². The molecule has 2 aromatic heterocycles. The Morgan fingerprint density at radius 1 is 1.30 bits per heavy atom. The summed E-state index contributed by atoms with van der Waals surface area (Å²) in [5.41, 5.74) is -0.0946. The molecule has 162 valence electrons. The first-order valence-electron chi connectivity index (χ1n) is 10.1. The van der Waals surface area contributed by atoms with E-state index in [2.05, 4.69) is 10.3 Å². The predicted octanol–water partition coefficient (Wildman–Crippen LogP) is 3.45. The van der Waals surface area contributed by atoms with Crippen LogP contribution in [0.1, 0.15) is 56.7 Å². The molecule has 7 nitrogen and oxygen atoms in total. The molecule has 0 radical (unpaired) electrons. The van der Waals surface area contributed by atoms with Crippen LogP contribution in [0.3, 0.4) is 0 Å². The zero-order valence-electron chi connectivity index (χ0n) is 16.6. The van der Waals surface area contributed by atoms with Crippen molar-refractivity contribution in [3.8, 4) is 0 Å². The fourth-order valence-electron chi connectivity index (χ4n) is 4.21. The number of thiazole rings is 1. The van der Waals surface area contributed by atoms with Gasteiger partial charge in [-0.1, -0.05) is 37.0 Å². The number of carbonyl (C=O) groups excluding carboxylic acids is 1. The molecular weight excluding hydrogens is 429 g/mol. The van der Waals surface area contributed by atoms with Crippen molar-refractivity contribution in [1.82, 2.24) is 9.55 Å². The molecule has 2 fully saturated rings. The van der Waals surface area contributed by atoms with E-state index >= 15 is 0 Å². The summed E-state index contributed by atoms with van der Waals surface area (Å²) in [4.78, 5) is 29.9. The summed E-state index contributed by atoms with van der Waals surface area (Å²) in [5.74, 6) is -0.144. The number of hydrogen-bond donors (Lipinski definition) is 1. The maximum absolute atomic E-state index is 13.3. The molecule has 2 aromatic rings.